The van der Waals surface area contributed by atoms with Crippen LogP contribution in [-0.4, -0.2) is 53.1 Å². The Bertz CT molecular complexity index is 285. The lowest BCUT2D eigenvalue weighted by Gasteiger charge is -2.17. The van der Waals surface area contributed by atoms with E-state index in [1.807, 2.05) is 0 Å². The Morgan fingerprint density at radius 3 is 2.76 bits per heavy atom. The molecule has 0 saturated carbocycles. The first-order chi connectivity index (χ1) is 8.04. The van der Waals surface area contributed by atoms with Crippen molar-refractivity contribution >= 4 is 12.2 Å². The van der Waals surface area contributed by atoms with Gasteiger partial charge in [0.2, 0.25) is 0 Å². The summed E-state index contributed by atoms with van der Waals surface area (Å²) in [5.41, 5.74) is 4.63. The molecule has 17 heavy (non-hydrogen) atoms. The van der Waals surface area contributed by atoms with Gasteiger partial charge in [-0.05, 0) is 12.8 Å². The van der Waals surface area contributed by atoms with Crippen molar-refractivity contribution in [1.29, 1.82) is 0 Å². The van der Waals surface area contributed by atoms with Gasteiger partial charge in [0.25, 0.3) is 0 Å². The number of aliphatic hydroxyl groups is 2. The lowest BCUT2D eigenvalue weighted by Crippen LogP contribution is -2.32. The predicted octanol–water partition coefficient (Wildman–Crippen LogP) is -0.802. The van der Waals surface area contributed by atoms with E-state index in [9.17, 15) is 14.7 Å². The van der Waals surface area contributed by atoms with Gasteiger partial charge in [0, 0.05) is 25.6 Å². The van der Waals surface area contributed by atoms with Gasteiger partial charge in [-0.3, -0.25) is 0 Å². The minimum absolute atomic E-state index is 0.104. The fourth-order valence-corrected chi connectivity index (χ4v) is 1.76. The fraction of sp³-hybridized carbons (Fsp3) is 0.778. The molecule has 2 unspecified atom stereocenters. The van der Waals surface area contributed by atoms with Gasteiger partial charge in [-0.25, -0.2) is 19.4 Å². The third kappa shape index (κ3) is 4.08. The molecule has 2 atom stereocenters. The summed E-state index contributed by atoms with van der Waals surface area (Å²) < 4.78 is 0. The Morgan fingerprint density at radius 1 is 1.47 bits per heavy atom. The molecule has 1 aliphatic rings. The first-order valence-corrected chi connectivity index (χ1v) is 5.26. The molecule has 0 aromatic heterocycles. The maximum Gasteiger partial charge on any atom is 0.453 e. The number of carbonyl (C=O) groups excluding carboxylic acids is 2. The number of amides is 2. The maximum absolute atomic E-state index is 11.3. The first kappa shape index (κ1) is 13.5. The number of primary amides is 1. The van der Waals surface area contributed by atoms with Crippen LogP contribution < -0.4 is 5.73 Å². The summed E-state index contributed by atoms with van der Waals surface area (Å²) in [6.07, 6.45) is -1.80. The molecule has 1 fully saturated rings. The summed E-state index contributed by atoms with van der Waals surface area (Å²) in [6.45, 7) is 0.586. The molecule has 1 rings (SSSR count). The van der Waals surface area contributed by atoms with Crippen molar-refractivity contribution in [2.45, 2.75) is 18.9 Å². The SMILES string of the molecule is NC(=O)OOC(=O)N1CCC(C(O)CCO)C1. The van der Waals surface area contributed by atoms with Crippen LogP contribution in [0.3, 0.4) is 0 Å². The van der Waals surface area contributed by atoms with Crippen molar-refractivity contribution < 1.29 is 29.6 Å². The van der Waals surface area contributed by atoms with Gasteiger partial charge in [0.15, 0.2) is 0 Å². The number of likely N-dealkylation sites (tertiary alicyclic amines) is 1. The van der Waals surface area contributed by atoms with Crippen LogP contribution in [0.4, 0.5) is 9.59 Å². The van der Waals surface area contributed by atoms with Crippen molar-refractivity contribution in [1.82, 2.24) is 4.90 Å². The lowest BCUT2D eigenvalue weighted by atomic mass is 9.99. The monoisotopic (exact) mass is 248 g/mol. The maximum atomic E-state index is 11.3. The van der Waals surface area contributed by atoms with E-state index in [4.69, 9.17) is 5.11 Å². The quantitative estimate of drug-likeness (QED) is 0.444. The zero-order chi connectivity index (χ0) is 12.8. The zero-order valence-corrected chi connectivity index (χ0v) is 9.24. The Kier molecular flexibility index (Phi) is 4.98. The molecular formula is C9H16N2O6. The van der Waals surface area contributed by atoms with Gasteiger partial charge in [-0.15, -0.1) is 0 Å². The predicted molar refractivity (Wildman–Crippen MR) is 54.5 cm³/mol. The molecule has 4 N–H and O–H groups in total. The molecule has 1 saturated heterocycles. The number of nitrogens with two attached hydrogens (primary N) is 1. The Morgan fingerprint density at radius 2 is 2.18 bits per heavy atom. The van der Waals surface area contributed by atoms with Crippen LogP contribution in [0.5, 0.6) is 0 Å². The number of rotatable bonds is 3. The molecule has 0 radical (unpaired) electrons. The van der Waals surface area contributed by atoms with E-state index in [-0.39, 0.29) is 18.9 Å². The number of nitrogens with zero attached hydrogens (tertiary/aromatic N) is 1. The molecule has 0 spiro atoms. The minimum atomic E-state index is -1.20. The summed E-state index contributed by atoms with van der Waals surface area (Å²) in [4.78, 5) is 30.9. The highest BCUT2D eigenvalue weighted by Gasteiger charge is 2.32. The van der Waals surface area contributed by atoms with E-state index in [0.29, 0.717) is 19.5 Å². The number of aliphatic hydroxyl groups excluding tert-OH is 2. The van der Waals surface area contributed by atoms with E-state index >= 15 is 0 Å². The molecule has 0 aromatic carbocycles. The van der Waals surface area contributed by atoms with Gasteiger partial charge < -0.3 is 20.8 Å². The molecule has 0 bridgehead atoms. The van der Waals surface area contributed by atoms with E-state index in [1.165, 1.54) is 4.90 Å². The van der Waals surface area contributed by atoms with Gasteiger partial charge >= 0.3 is 12.2 Å². The van der Waals surface area contributed by atoms with Crippen LogP contribution >= 0.6 is 0 Å². The highest BCUT2D eigenvalue weighted by molar-refractivity contribution is 5.70. The molecule has 0 aliphatic carbocycles. The summed E-state index contributed by atoms with van der Waals surface area (Å²) in [7, 11) is 0. The van der Waals surface area contributed by atoms with Crippen LogP contribution in [0.25, 0.3) is 0 Å². The number of hydrogen-bond donors (Lipinski definition) is 3. The molecule has 2 amide bonds. The lowest BCUT2D eigenvalue weighted by molar-refractivity contribution is -0.184. The average molecular weight is 248 g/mol. The smallest absolute Gasteiger partial charge is 0.396 e. The van der Waals surface area contributed by atoms with Crippen molar-refractivity contribution in [3.8, 4) is 0 Å². The van der Waals surface area contributed by atoms with Gasteiger partial charge in [-0.1, -0.05) is 0 Å². The molecule has 1 heterocycles. The summed E-state index contributed by atoms with van der Waals surface area (Å²) >= 11 is 0. The molecule has 0 aromatic rings. The summed E-state index contributed by atoms with van der Waals surface area (Å²) in [6, 6.07) is 0. The summed E-state index contributed by atoms with van der Waals surface area (Å²) in [5, 5.41) is 18.3. The van der Waals surface area contributed by atoms with Crippen molar-refractivity contribution in [3.63, 3.8) is 0 Å². The zero-order valence-electron chi connectivity index (χ0n) is 9.24. The molecule has 1 aliphatic heterocycles. The number of hydrogen-bond acceptors (Lipinski definition) is 6. The van der Waals surface area contributed by atoms with Gasteiger partial charge in [-0.2, -0.15) is 0 Å². The van der Waals surface area contributed by atoms with E-state index in [1.54, 1.807) is 0 Å². The highest BCUT2D eigenvalue weighted by atomic mass is 17.2. The third-order valence-electron chi connectivity index (χ3n) is 2.65. The van der Waals surface area contributed by atoms with Crippen molar-refractivity contribution in [3.05, 3.63) is 0 Å². The second-order valence-electron chi connectivity index (χ2n) is 3.83. The van der Waals surface area contributed by atoms with Crippen molar-refractivity contribution in [2.75, 3.05) is 19.7 Å². The van der Waals surface area contributed by atoms with Crippen LogP contribution in [0, 0.1) is 5.92 Å². The normalized spacial score (nSPS) is 21.1. The van der Waals surface area contributed by atoms with Crippen LogP contribution in [0.1, 0.15) is 12.8 Å². The second kappa shape index (κ2) is 6.26. The first-order valence-electron chi connectivity index (χ1n) is 5.26. The van der Waals surface area contributed by atoms with Gasteiger partial charge in [0.1, 0.15) is 0 Å². The van der Waals surface area contributed by atoms with Crippen molar-refractivity contribution in [2.24, 2.45) is 11.7 Å². The average Bonchev–Trinajstić information content (AvgIpc) is 2.75. The topological polar surface area (TPSA) is 122 Å². The van der Waals surface area contributed by atoms with E-state index < -0.39 is 18.3 Å². The molecule has 8 heteroatoms. The Labute approximate surface area is 97.8 Å². The molecule has 8 nitrogen and oxygen atoms in total. The Balaban J connectivity index is 2.34. The fourth-order valence-electron chi connectivity index (χ4n) is 1.76. The highest BCUT2D eigenvalue weighted by Crippen LogP contribution is 2.21. The van der Waals surface area contributed by atoms with E-state index in [2.05, 4.69) is 15.5 Å². The largest absolute Gasteiger partial charge is 0.453 e. The summed E-state index contributed by atoms with van der Waals surface area (Å²) in [5.74, 6) is -0.108. The second-order valence-corrected chi connectivity index (χ2v) is 3.83. The Hall–Kier alpha value is -1.54. The van der Waals surface area contributed by atoms with Crippen LogP contribution in [0.2, 0.25) is 0 Å². The van der Waals surface area contributed by atoms with Gasteiger partial charge in [0.05, 0.1) is 6.10 Å². The van der Waals surface area contributed by atoms with E-state index in [0.717, 1.165) is 0 Å². The van der Waals surface area contributed by atoms with Crippen LogP contribution in [0.15, 0.2) is 0 Å². The standard InChI is InChI=1S/C9H16N2O6/c10-8(14)16-17-9(15)11-3-1-6(5-11)7(13)2-4-12/h6-7,12-13H,1-5H2,(H2,10,14). The molecule has 98 valence electrons. The van der Waals surface area contributed by atoms with Crippen LogP contribution in [-0.2, 0) is 9.78 Å². The minimum Gasteiger partial charge on any atom is -0.396 e. The number of carbonyl (C=O) groups is 2. The third-order valence-corrected chi connectivity index (χ3v) is 2.65. The molecular weight excluding hydrogens is 232 g/mol.